The lowest BCUT2D eigenvalue weighted by Gasteiger charge is -2.25. The zero-order valence-electron chi connectivity index (χ0n) is 12.8. The summed E-state index contributed by atoms with van der Waals surface area (Å²) < 4.78 is 2.74. The predicted octanol–water partition coefficient (Wildman–Crippen LogP) is 2.54. The maximum atomic E-state index is 12.3. The van der Waals surface area contributed by atoms with Crippen molar-refractivity contribution in [3.05, 3.63) is 40.6 Å². The molecule has 1 heterocycles. The maximum Gasteiger partial charge on any atom is 0.248 e. The number of benzene rings is 1. The summed E-state index contributed by atoms with van der Waals surface area (Å²) in [5.74, 6) is 0.292. The Bertz CT molecular complexity index is 687. The predicted molar refractivity (Wildman–Crippen MR) is 91.8 cm³/mol. The van der Waals surface area contributed by atoms with Gasteiger partial charge in [-0.3, -0.25) is 10.1 Å². The van der Waals surface area contributed by atoms with E-state index in [0.717, 1.165) is 35.7 Å². The van der Waals surface area contributed by atoms with Crippen molar-refractivity contribution >= 4 is 27.8 Å². The van der Waals surface area contributed by atoms with Gasteiger partial charge in [0.05, 0.1) is 6.54 Å². The second kappa shape index (κ2) is 7.23. The van der Waals surface area contributed by atoms with Crippen LogP contribution < -0.4 is 11.1 Å². The highest BCUT2D eigenvalue weighted by molar-refractivity contribution is 9.10. The van der Waals surface area contributed by atoms with Crippen molar-refractivity contribution < 1.29 is 4.79 Å². The van der Waals surface area contributed by atoms with Crippen molar-refractivity contribution in [3.63, 3.8) is 0 Å². The molecule has 2 aromatic rings. The molecule has 6 nitrogen and oxygen atoms in total. The minimum atomic E-state index is -0.0317. The minimum Gasteiger partial charge on any atom is -0.328 e. The molecule has 0 radical (unpaired) electrons. The Kier molecular flexibility index (Phi) is 5.07. The average molecular weight is 378 g/mol. The van der Waals surface area contributed by atoms with Crippen molar-refractivity contribution in [1.82, 2.24) is 14.8 Å². The first-order chi connectivity index (χ1) is 11.1. The SMILES string of the molecule is NC1CCCC(C(=O)Nc2ncn(Cc3cccc(Br)c3)n2)C1. The van der Waals surface area contributed by atoms with E-state index in [1.54, 1.807) is 11.0 Å². The summed E-state index contributed by atoms with van der Waals surface area (Å²) in [7, 11) is 0. The molecule has 0 bridgehead atoms. The van der Waals surface area contributed by atoms with Crippen LogP contribution in [0.25, 0.3) is 0 Å². The van der Waals surface area contributed by atoms with Gasteiger partial charge < -0.3 is 5.73 Å². The first-order valence-corrected chi connectivity index (χ1v) is 8.60. The van der Waals surface area contributed by atoms with Crippen LogP contribution in [-0.2, 0) is 11.3 Å². The van der Waals surface area contributed by atoms with E-state index in [0.29, 0.717) is 12.5 Å². The monoisotopic (exact) mass is 377 g/mol. The molecule has 1 aliphatic carbocycles. The topological polar surface area (TPSA) is 85.8 Å². The second-order valence-corrected chi connectivity index (χ2v) is 6.92. The molecular weight excluding hydrogens is 358 g/mol. The smallest absolute Gasteiger partial charge is 0.248 e. The molecule has 0 saturated heterocycles. The number of carbonyl (C=O) groups excluding carboxylic acids is 1. The Morgan fingerprint density at radius 3 is 3.09 bits per heavy atom. The molecule has 23 heavy (non-hydrogen) atoms. The lowest BCUT2D eigenvalue weighted by molar-refractivity contribution is -0.120. The summed E-state index contributed by atoms with van der Waals surface area (Å²) in [6, 6.07) is 8.13. The van der Waals surface area contributed by atoms with Crippen LogP contribution in [0.15, 0.2) is 35.1 Å². The van der Waals surface area contributed by atoms with E-state index in [1.165, 1.54) is 0 Å². The summed E-state index contributed by atoms with van der Waals surface area (Å²) in [6.07, 6.45) is 5.26. The van der Waals surface area contributed by atoms with Gasteiger partial charge in [-0.1, -0.05) is 34.5 Å². The van der Waals surface area contributed by atoms with E-state index in [4.69, 9.17) is 5.73 Å². The van der Waals surface area contributed by atoms with Crippen molar-refractivity contribution in [2.75, 3.05) is 5.32 Å². The van der Waals surface area contributed by atoms with Gasteiger partial charge in [0, 0.05) is 16.4 Å². The van der Waals surface area contributed by atoms with Crippen molar-refractivity contribution in [3.8, 4) is 0 Å². The molecule has 2 atom stereocenters. The molecule has 1 fully saturated rings. The number of nitrogens with one attached hydrogen (secondary N) is 1. The number of hydrogen-bond acceptors (Lipinski definition) is 4. The van der Waals surface area contributed by atoms with E-state index in [-0.39, 0.29) is 17.9 Å². The number of rotatable bonds is 4. The molecule has 122 valence electrons. The summed E-state index contributed by atoms with van der Waals surface area (Å²) in [6.45, 7) is 0.608. The molecular formula is C16H20BrN5O. The van der Waals surface area contributed by atoms with Crippen LogP contribution in [0, 0.1) is 5.92 Å². The number of nitrogens with two attached hydrogens (primary N) is 1. The number of hydrogen-bond donors (Lipinski definition) is 2. The van der Waals surface area contributed by atoms with Gasteiger partial charge in [-0.15, -0.1) is 5.10 Å². The zero-order valence-corrected chi connectivity index (χ0v) is 14.4. The zero-order chi connectivity index (χ0) is 16.2. The molecule has 1 saturated carbocycles. The van der Waals surface area contributed by atoms with Crippen molar-refractivity contribution in [2.45, 2.75) is 38.3 Å². The molecule has 1 aromatic heterocycles. The van der Waals surface area contributed by atoms with Crippen molar-refractivity contribution in [2.24, 2.45) is 11.7 Å². The molecule has 1 aromatic carbocycles. The summed E-state index contributed by atoms with van der Waals surface area (Å²) in [4.78, 5) is 16.4. The van der Waals surface area contributed by atoms with Crippen LogP contribution in [-0.4, -0.2) is 26.7 Å². The largest absolute Gasteiger partial charge is 0.328 e. The third kappa shape index (κ3) is 4.39. The fourth-order valence-electron chi connectivity index (χ4n) is 2.93. The van der Waals surface area contributed by atoms with Crippen LogP contribution in [0.3, 0.4) is 0 Å². The fraction of sp³-hybridized carbons (Fsp3) is 0.438. The number of halogens is 1. The fourth-order valence-corrected chi connectivity index (χ4v) is 3.38. The summed E-state index contributed by atoms with van der Waals surface area (Å²) in [5.41, 5.74) is 7.05. The molecule has 0 aliphatic heterocycles. The van der Waals surface area contributed by atoms with Gasteiger partial charge in [-0.05, 0) is 37.0 Å². The minimum absolute atomic E-state index is 0.0274. The first kappa shape index (κ1) is 16.1. The molecule has 1 amide bonds. The maximum absolute atomic E-state index is 12.3. The Morgan fingerprint density at radius 1 is 1.43 bits per heavy atom. The van der Waals surface area contributed by atoms with Crippen LogP contribution >= 0.6 is 15.9 Å². The van der Waals surface area contributed by atoms with Gasteiger partial charge in [0.15, 0.2) is 0 Å². The first-order valence-electron chi connectivity index (χ1n) is 7.80. The molecule has 3 N–H and O–H groups in total. The van der Waals surface area contributed by atoms with Gasteiger partial charge in [-0.2, -0.15) is 0 Å². The normalized spacial score (nSPS) is 21.1. The van der Waals surface area contributed by atoms with Crippen LogP contribution in [0.4, 0.5) is 5.95 Å². The third-order valence-corrected chi connectivity index (χ3v) is 4.58. The number of aromatic nitrogens is 3. The Balaban J connectivity index is 1.59. The number of amides is 1. The van der Waals surface area contributed by atoms with E-state index >= 15 is 0 Å². The Morgan fingerprint density at radius 2 is 2.30 bits per heavy atom. The van der Waals surface area contributed by atoms with E-state index < -0.39 is 0 Å². The highest BCUT2D eigenvalue weighted by Crippen LogP contribution is 2.24. The van der Waals surface area contributed by atoms with Gasteiger partial charge in [0.2, 0.25) is 11.9 Å². The average Bonchev–Trinajstić information content (AvgIpc) is 2.94. The Hall–Kier alpha value is -1.73. The van der Waals surface area contributed by atoms with Gasteiger partial charge in [0.25, 0.3) is 0 Å². The van der Waals surface area contributed by atoms with E-state index in [9.17, 15) is 4.79 Å². The Labute approximate surface area is 143 Å². The molecule has 1 aliphatic rings. The number of nitrogens with zero attached hydrogens (tertiary/aromatic N) is 3. The number of carbonyl (C=O) groups is 1. The van der Waals surface area contributed by atoms with Crippen LogP contribution in [0.1, 0.15) is 31.2 Å². The highest BCUT2D eigenvalue weighted by Gasteiger charge is 2.25. The van der Waals surface area contributed by atoms with Gasteiger partial charge >= 0.3 is 0 Å². The molecule has 2 unspecified atom stereocenters. The lowest BCUT2D eigenvalue weighted by Crippen LogP contribution is -2.34. The van der Waals surface area contributed by atoms with E-state index in [1.807, 2.05) is 24.3 Å². The summed E-state index contributed by atoms with van der Waals surface area (Å²) >= 11 is 3.45. The third-order valence-electron chi connectivity index (χ3n) is 4.09. The van der Waals surface area contributed by atoms with Crippen LogP contribution in [0.2, 0.25) is 0 Å². The highest BCUT2D eigenvalue weighted by atomic mass is 79.9. The number of anilines is 1. The standard InChI is InChI=1S/C16H20BrN5O/c17-13-5-1-3-11(7-13)9-22-10-19-16(21-22)20-15(23)12-4-2-6-14(18)8-12/h1,3,5,7,10,12,14H,2,4,6,8-9,18H2,(H,20,21,23). The quantitative estimate of drug-likeness (QED) is 0.856. The summed E-state index contributed by atoms with van der Waals surface area (Å²) in [5, 5.41) is 7.12. The molecule has 7 heteroatoms. The van der Waals surface area contributed by atoms with Gasteiger partial charge in [-0.25, -0.2) is 9.67 Å². The van der Waals surface area contributed by atoms with Crippen LogP contribution in [0.5, 0.6) is 0 Å². The molecule has 3 rings (SSSR count). The van der Waals surface area contributed by atoms with Gasteiger partial charge in [0.1, 0.15) is 6.33 Å². The lowest BCUT2D eigenvalue weighted by atomic mass is 9.85. The van der Waals surface area contributed by atoms with E-state index in [2.05, 4.69) is 31.3 Å². The second-order valence-electron chi connectivity index (χ2n) is 6.01. The molecule has 0 spiro atoms. The van der Waals surface area contributed by atoms with Crippen molar-refractivity contribution in [1.29, 1.82) is 0 Å².